The molecule has 0 bridgehead atoms. The minimum absolute atomic E-state index is 0. The maximum Gasteiger partial charge on any atom is 0 e. The van der Waals surface area contributed by atoms with Crippen LogP contribution in [-0.4, -0.2) is 0 Å². The van der Waals surface area contributed by atoms with Gasteiger partial charge >= 0.3 is 0 Å². The fraction of sp³-hybridized carbons (Fsp3) is 0.0370. The molecule has 5 rings (SSSR count). The molecular formula is C27H23Cl2Hf-5. The number of halogens is 2. The summed E-state index contributed by atoms with van der Waals surface area (Å²) in [6.45, 7) is 0. The summed E-state index contributed by atoms with van der Waals surface area (Å²) < 4.78 is 0. The van der Waals surface area contributed by atoms with Gasteiger partial charge in [0.2, 0.25) is 0 Å². The predicted molar refractivity (Wildman–Crippen MR) is 116 cm³/mol. The second-order valence-electron chi connectivity index (χ2n) is 6.12. The van der Waals surface area contributed by atoms with Crippen molar-refractivity contribution in [2.75, 3.05) is 0 Å². The van der Waals surface area contributed by atoms with Gasteiger partial charge in [0.1, 0.15) is 0 Å². The molecule has 3 heteroatoms. The Morgan fingerprint density at radius 1 is 0.700 bits per heavy atom. The van der Waals surface area contributed by atoms with Crippen molar-refractivity contribution in [3.8, 4) is 0 Å². The summed E-state index contributed by atoms with van der Waals surface area (Å²) >= 11 is 0. The second-order valence-corrected chi connectivity index (χ2v) is 6.12. The minimum atomic E-state index is 0. The van der Waals surface area contributed by atoms with Crippen molar-refractivity contribution in [1.82, 2.24) is 0 Å². The second kappa shape index (κ2) is 16.8. The number of allylic oxidation sites excluding steroid dienone is 4. The van der Waals surface area contributed by atoms with Crippen molar-refractivity contribution in [1.29, 1.82) is 0 Å². The first kappa shape index (κ1) is 28.1. The van der Waals surface area contributed by atoms with E-state index in [1.54, 1.807) is 0 Å². The van der Waals surface area contributed by atoms with Crippen LogP contribution in [0.2, 0.25) is 0 Å². The van der Waals surface area contributed by atoms with Gasteiger partial charge in [0.05, 0.1) is 0 Å². The summed E-state index contributed by atoms with van der Waals surface area (Å²) in [5, 5.41) is 2.66. The smallest absolute Gasteiger partial charge is 0 e. The van der Waals surface area contributed by atoms with Crippen LogP contribution >= 0.6 is 0 Å². The van der Waals surface area contributed by atoms with Crippen molar-refractivity contribution in [3.05, 3.63) is 145 Å². The van der Waals surface area contributed by atoms with E-state index < -0.39 is 0 Å². The van der Waals surface area contributed by atoms with Crippen molar-refractivity contribution in [2.45, 2.75) is 6.42 Å². The normalized spacial score (nSPS) is 10.1. The van der Waals surface area contributed by atoms with Gasteiger partial charge in [-0.25, -0.2) is 12.2 Å². The van der Waals surface area contributed by atoms with E-state index in [2.05, 4.69) is 110 Å². The van der Waals surface area contributed by atoms with Crippen LogP contribution in [0.1, 0.15) is 17.5 Å². The van der Waals surface area contributed by atoms with Gasteiger partial charge in [-0.05, 0) is 0 Å². The summed E-state index contributed by atoms with van der Waals surface area (Å²) in [6, 6.07) is 35.3. The molecule has 0 fully saturated rings. The van der Waals surface area contributed by atoms with Gasteiger partial charge in [0, 0.05) is 25.8 Å². The minimum Gasteiger partial charge on any atom is -1.00 e. The van der Waals surface area contributed by atoms with Crippen LogP contribution in [0.25, 0.3) is 10.8 Å². The standard InChI is InChI=1S/C13H11.C9H7.C5H5.2ClH.Hf/c1-3-7-12(8-4-1)11-13-9-5-2-6-10-13;1-2-5-9-7-3-6-8(9)4-1;1-2-4-5-3-1;;;/h1-11H;1-7H;1-3H,4H2;2*1H;/q3*-1;;;/p-2. The van der Waals surface area contributed by atoms with Crippen LogP contribution in [-0.2, 0) is 25.8 Å². The molecule has 4 aromatic rings. The molecule has 0 unspecified atom stereocenters. The fourth-order valence-corrected chi connectivity index (χ4v) is 2.70. The van der Waals surface area contributed by atoms with Gasteiger partial charge in [-0.3, -0.25) is 6.08 Å². The van der Waals surface area contributed by atoms with Gasteiger partial charge < -0.3 is 24.8 Å². The van der Waals surface area contributed by atoms with Gasteiger partial charge in [-0.15, -0.1) is 77.9 Å². The molecule has 154 valence electrons. The van der Waals surface area contributed by atoms with E-state index in [1.165, 1.54) is 21.9 Å². The molecule has 30 heavy (non-hydrogen) atoms. The molecule has 0 nitrogen and oxygen atoms in total. The van der Waals surface area contributed by atoms with E-state index in [0.717, 1.165) is 6.42 Å². The quantitative estimate of drug-likeness (QED) is 0.241. The van der Waals surface area contributed by atoms with Crippen LogP contribution in [0.4, 0.5) is 0 Å². The maximum absolute atomic E-state index is 2.99. The SMILES string of the molecule is [C-]1=CC=CC1.[Cl-].[Cl-].[Hf].c1ccc([CH-]c2ccccc2)cc1.c1ccc2[cH-]ccc2c1. The summed E-state index contributed by atoms with van der Waals surface area (Å²) in [7, 11) is 0. The van der Waals surface area contributed by atoms with Crippen LogP contribution in [0.3, 0.4) is 0 Å². The topological polar surface area (TPSA) is 0 Å². The molecule has 0 aliphatic heterocycles. The number of hydrogen-bond acceptors (Lipinski definition) is 0. The molecule has 0 radical (unpaired) electrons. The van der Waals surface area contributed by atoms with Gasteiger partial charge in [0.15, 0.2) is 0 Å². The van der Waals surface area contributed by atoms with Crippen LogP contribution in [0.5, 0.6) is 0 Å². The summed E-state index contributed by atoms with van der Waals surface area (Å²) in [5.74, 6) is 0. The Hall–Kier alpha value is -1.93. The molecule has 1 aliphatic rings. The first-order valence-electron chi connectivity index (χ1n) is 9.19. The van der Waals surface area contributed by atoms with Gasteiger partial charge in [-0.2, -0.15) is 23.6 Å². The zero-order valence-corrected chi connectivity index (χ0v) is 21.7. The average molecular weight is 597 g/mol. The van der Waals surface area contributed by atoms with Crippen LogP contribution < -0.4 is 24.8 Å². The molecule has 4 aromatic carbocycles. The Morgan fingerprint density at radius 2 is 1.27 bits per heavy atom. The van der Waals surface area contributed by atoms with E-state index in [-0.39, 0.29) is 50.7 Å². The van der Waals surface area contributed by atoms with E-state index in [4.69, 9.17) is 0 Å². The molecule has 0 saturated heterocycles. The van der Waals surface area contributed by atoms with E-state index in [1.807, 2.05) is 24.3 Å². The molecular weight excluding hydrogens is 574 g/mol. The number of benzene rings is 3. The summed E-state index contributed by atoms with van der Waals surface area (Å²) in [6.07, 6.45) is 12.2. The monoisotopic (exact) mass is 597 g/mol. The molecule has 0 aromatic heterocycles. The third-order valence-corrected chi connectivity index (χ3v) is 4.07. The fourth-order valence-electron chi connectivity index (χ4n) is 2.70. The third kappa shape index (κ3) is 10.2. The van der Waals surface area contributed by atoms with Crippen molar-refractivity contribution < 1.29 is 50.7 Å². The zero-order chi connectivity index (χ0) is 18.6. The van der Waals surface area contributed by atoms with E-state index in [9.17, 15) is 0 Å². The Labute approximate surface area is 211 Å². The van der Waals surface area contributed by atoms with Gasteiger partial charge in [0.25, 0.3) is 0 Å². The Morgan fingerprint density at radius 3 is 1.73 bits per heavy atom. The Balaban J connectivity index is 0.000000435. The number of fused-ring (bicyclic) bond motifs is 1. The summed E-state index contributed by atoms with van der Waals surface area (Å²) in [4.78, 5) is 0. The molecule has 0 atom stereocenters. The maximum atomic E-state index is 2.99. The first-order valence-corrected chi connectivity index (χ1v) is 9.19. The third-order valence-electron chi connectivity index (χ3n) is 4.07. The molecule has 1 aliphatic carbocycles. The van der Waals surface area contributed by atoms with E-state index >= 15 is 0 Å². The molecule has 0 spiro atoms. The zero-order valence-electron chi connectivity index (χ0n) is 16.6. The van der Waals surface area contributed by atoms with Crippen molar-refractivity contribution >= 4 is 10.8 Å². The number of hydrogen-bond donors (Lipinski definition) is 0. The van der Waals surface area contributed by atoms with Gasteiger partial charge in [-0.1, -0.05) is 42.5 Å². The van der Waals surface area contributed by atoms with Crippen molar-refractivity contribution in [3.63, 3.8) is 0 Å². The predicted octanol–water partition coefficient (Wildman–Crippen LogP) is 1.16. The average Bonchev–Trinajstić information content (AvgIpc) is 3.45. The largest absolute Gasteiger partial charge is 1.00 e. The van der Waals surface area contributed by atoms with Crippen molar-refractivity contribution in [2.24, 2.45) is 0 Å². The molecule has 0 amide bonds. The van der Waals surface area contributed by atoms with E-state index in [0.29, 0.717) is 0 Å². The Kier molecular flexibility index (Phi) is 15.7. The molecule has 0 saturated carbocycles. The Bertz CT molecular complexity index is 896. The summed E-state index contributed by atoms with van der Waals surface area (Å²) in [5.41, 5.74) is 2.49. The van der Waals surface area contributed by atoms with Crippen LogP contribution in [0.15, 0.2) is 121 Å². The van der Waals surface area contributed by atoms with Crippen LogP contribution in [0, 0.1) is 12.5 Å². The molecule has 0 heterocycles. The number of rotatable bonds is 2. The molecule has 0 N–H and O–H groups in total. The first-order chi connectivity index (χ1) is 13.4.